The second-order valence-corrected chi connectivity index (χ2v) is 3.86. The van der Waals surface area contributed by atoms with Crippen molar-refractivity contribution >= 4 is 11.8 Å². The fourth-order valence-corrected chi connectivity index (χ4v) is 1.67. The molecule has 0 bridgehead atoms. The number of carbonyl (C=O) groups excluding carboxylic acids is 1. The molecule has 1 aromatic carbocycles. The van der Waals surface area contributed by atoms with Gasteiger partial charge < -0.3 is 15.5 Å². The van der Waals surface area contributed by atoms with Gasteiger partial charge in [0, 0.05) is 11.3 Å². The molecule has 19 heavy (non-hydrogen) atoms. The Morgan fingerprint density at radius 2 is 2.05 bits per heavy atom. The van der Waals surface area contributed by atoms with E-state index in [-0.39, 0.29) is 18.0 Å². The molecule has 0 aliphatic heterocycles. The number of ether oxygens (including phenoxy) is 1. The van der Waals surface area contributed by atoms with Crippen LogP contribution in [0.1, 0.15) is 17.3 Å². The van der Waals surface area contributed by atoms with Gasteiger partial charge in [0.2, 0.25) is 0 Å². The van der Waals surface area contributed by atoms with Crippen molar-refractivity contribution in [2.24, 2.45) is 0 Å². The number of hydrogen-bond donors (Lipinski definition) is 2. The van der Waals surface area contributed by atoms with Gasteiger partial charge in [-0.25, -0.2) is 13.6 Å². The van der Waals surface area contributed by atoms with Gasteiger partial charge in [-0.2, -0.15) is 0 Å². The van der Waals surface area contributed by atoms with Crippen LogP contribution in [0.15, 0.2) is 24.3 Å². The third-order valence-electron chi connectivity index (χ3n) is 2.57. The lowest BCUT2D eigenvalue weighted by atomic mass is 10.1. The van der Waals surface area contributed by atoms with E-state index >= 15 is 0 Å². The molecular formula is C13H12F2N2O2. The summed E-state index contributed by atoms with van der Waals surface area (Å²) in [5.41, 5.74) is 6.63. The number of esters is 1. The number of anilines is 1. The highest BCUT2D eigenvalue weighted by Crippen LogP contribution is 2.25. The van der Waals surface area contributed by atoms with E-state index in [1.165, 1.54) is 12.1 Å². The third-order valence-corrected chi connectivity index (χ3v) is 2.57. The van der Waals surface area contributed by atoms with Crippen molar-refractivity contribution in [1.82, 2.24) is 4.98 Å². The Bertz CT molecular complexity index is 623. The molecule has 0 spiro atoms. The Morgan fingerprint density at radius 3 is 2.68 bits per heavy atom. The summed E-state index contributed by atoms with van der Waals surface area (Å²) in [5.74, 6) is -2.35. The van der Waals surface area contributed by atoms with E-state index in [1.54, 1.807) is 6.92 Å². The number of rotatable bonds is 3. The van der Waals surface area contributed by atoms with Gasteiger partial charge >= 0.3 is 5.97 Å². The third kappa shape index (κ3) is 2.57. The van der Waals surface area contributed by atoms with Crippen LogP contribution in [0.3, 0.4) is 0 Å². The van der Waals surface area contributed by atoms with E-state index in [0.717, 1.165) is 12.1 Å². The molecule has 0 radical (unpaired) electrons. The van der Waals surface area contributed by atoms with Gasteiger partial charge in [0.05, 0.1) is 6.61 Å². The van der Waals surface area contributed by atoms with Crippen molar-refractivity contribution in [1.29, 1.82) is 0 Å². The summed E-state index contributed by atoms with van der Waals surface area (Å²) >= 11 is 0. The summed E-state index contributed by atoms with van der Waals surface area (Å²) in [4.78, 5) is 14.3. The number of aromatic nitrogens is 1. The SMILES string of the molecule is CCOC(=O)c1cc(-c2ccc(F)c(F)c2)[nH]c1N. The molecule has 0 fully saturated rings. The van der Waals surface area contributed by atoms with Crippen molar-refractivity contribution in [2.75, 3.05) is 12.3 Å². The maximum Gasteiger partial charge on any atom is 0.341 e. The van der Waals surface area contributed by atoms with Crippen LogP contribution in [0.4, 0.5) is 14.6 Å². The van der Waals surface area contributed by atoms with Crippen LogP contribution >= 0.6 is 0 Å². The van der Waals surface area contributed by atoms with Gasteiger partial charge in [-0.05, 0) is 31.2 Å². The second kappa shape index (κ2) is 5.09. The smallest absolute Gasteiger partial charge is 0.341 e. The summed E-state index contributed by atoms with van der Waals surface area (Å²) in [6, 6.07) is 4.86. The first-order valence-electron chi connectivity index (χ1n) is 5.64. The average molecular weight is 266 g/mol. The van der Waals surface area contributed by atoms with E-state index < -0.39 is 17.6 Å². The Balaban J connectivity index is 2.38. The largest absolute Gasteiger partial charge is 0.462 e. The average Bonchev–Trinajstić information content (AvgIpc) is 2.75. The van der Waals surface area contributed by atoms with Crippen LogP contribution in [-0.4, -0.2) is 17.6 Å². The molecule has 4 nitrogen and oxygen atoms in total. The van der Waals surface area contributed by atoms with Crippen molar-refractivity contribution in [3.8, 4) is 11.3 Å². The lowest BCUT2D eigenvalue weighted by molar-refractivity contribution is 0.0528. The Morgan fingerprint density at radius 1 is 1.32 bits per heavy atom. The number of nitrogens with two attached hydrogens (primary N) is 1. The van der Waals surface area contributed by atoms with Crippen LogP contribution in [0, 0.1) is 11.6 Å². The summed E-state index contributed by atoms with van der Waals surface area (Å²) in [5, 5.41) is 0. The first kappa shape index (κ1) is 13.1. The number of halogens is 2. The number of carbonyl (C=O) groups is 1. The summed E-state index contributed by atoms with van der Waals surface area (Å²) in [7, 11) is 0. The van der Waals surface area contributed by atoms with E-state index in [9.17, 15) is 13.6 Å². The number of aromatic amines is 1. The molecule has 0 atom stereocenters. The minimum Gasteiger partial charge on any atom is -0.462 e. The van der Waals surface area contributed by atoms with Gasteiger partial charge in [-0.3, -0.25) is 0 Å². The number of H-pyrrole nitrogens is 1. The molecule has 0 aliphatic carbocycles. The zero-order valence-corrected chi connectivity index (χ0v) is 10.2. The highest BCUT2D eigenvalue weighted by Gasteiger charge is 2.16. The maximum absolute atomic E-state index is 13.1. The van der Waals surface area contributed by atoms with E-state index in [2.05, 4.69) is 4.98 Å². The van der Waals surface area contributed by atoms with Gasteiger partial charge in [-0.1, -0.05) is 0 Å². The Hall–Kier alpha value is -2.37. The molecule has 0 saturated carbocycles. The monoisotopic (exact) mass is 266 g/mol. The minimum absolute atomic E-state index is 0.123. The van der Waals surface area contributed by atoms with Gasteiger partial charge in [0.15, 0.2) is 11.6 Å². The Kier molecular flexibility index (Phi) is 3.50. The topological polar surface area (TPSA) is 68.1 Å². The number of hydrogen-bond acceptors (Lipinski definition) is 3. The Labute approximate surface area is 108 Å². The lowest BCUT2D eigenvalue weighted by Gasteiger charge is -1.99. The zero-order valence-electron chi connectivity index (χ0n) is 10.2. The molecule has 0 amide bonds. The zero-order chi connectivity index (χ0) is 14.0. The predicted octanol–water partition coefficient (Wildman–Crippen LogP) is 2.72. The summed E-state index contributed by atoms with van der Waals surface area (Å²) in [6.07, 6.45) is 0. The number of nitrogens with one attached hydrogen (secondary N) is 1. The quantitative estimate of drug-likeness (QED) is 0.839. The lowest BCUT2D eigenvalue weighted by Crippen LogP contribution is -2.05. The van der Waals surface area contributed by atoms with Crippen molar-refractivity contribution < 1.29 is 18.3 Å². The molecule has 1 heterocycles. The molecule has 0 unspecified atom stereocenters. The first-order chi connectivity index (χ1) is 9.02. The van der Waals surface area contributed by atoms with Crippen LogP contribution in [-0.2, 0) is 4.74 Å². The molecule has 0 saturated heterocycles. The molecule has 1 aromatic heterocycles. The van der Waals surface area contributed by atoms with Crippen molar-refractivity contribution in [3.05, 3.63) is 41.5 Å². The molecule has 2 rings (SSSR count). The van der Waals surface area contributed by atoms with Gasteiger partial charge in [-0.15, -0.1) is 0 Å². The normalized spacial score (nSPS) is 10.5. The van der Waals surface area contributed by atoms with Crippen LogP contribution < -0.4 is 5.73 Å². The second-order valence-electron chi connectivity index (χ2n) is 3.86. The molecule has 0 aliphatic rings. The molecule has 100 valence electrons. The first-order valence-corrected chi connectivity index (χ1v) is 5.64. The van der Waals surface area contributed by atoms with Gasteiger partial charge in [0.1, 0.15) is 11.4 Å². The highest BCUT2D eigenvalue weighted by molar-refractivity contribution is 5.96. The van der Waals surface area contributed by atoms with Crippen molar-refractivity contribution in [2.45, 2.75) is 6.92 Å². The van der Waals surface area contributed by atoms with Crippen LogP contribution in [0.2, 0.25) is 0 Å². The fraction of sp³-hybridized carbons (Fsp3) is 0.154. The molecule has 6 heteroatoms. The molecular weight excluding hydrogens is 254 g/mol. The molecule has 2 aromatic rings. The summed E-state index contributed by atoms with van der Waals surface area (Å²) in [6.45, 7) is 1.90. The van der Waals surface area contributed by atoms with E-state index in [4.69, 9.17) is 10.5 Å². The summed E-state index contributed by atoms with van der Waals surface area (Å²) < 4.78 is 30.8. The molecule has 3 N–H and O–H groups in total. The fourth-order valence-electron chi connectivity index (χ4n) is 1.67. The number of nitrogen functional groups attached to an aromatic ring is 1. The number of benzene rings is 1. The van der Waals surface area contributed by atoms with Crippen molar-refractivity contribution in [3.63, 3.8) is 0 Å². The standard InChI is InChI=1S/C13H12F2N2O2/c1-2-19-13(18)8-6-11(17-12(8)16)7-3-4-9(14)10(15)5-7/h3-6,17H,2,16H2,1H3. The van der Waals surface area contributed by atoms with Crippen LogP contribution in [0.5, 0.6) is 0 Å². The van der Waals surface area contributed by atoms with E-state index in [1.807, 2.05) is 0 Å². The highest BCUT2D eigenvalue weighted by atomic mass is 19.2. The predicted molar refractivity (Wildman–Crippen MR) is 66.5 cm³/mol. The maximum atomic E-state index is 13.1. The van der Waals surface area contributed by atoms with Crippen LogP contribution in [0.25, 0.3) is 11.3 Å². The minimum atomic E-state index is -0.969. The van der Waals surface area contributed by atoms with Gasteiger partial charge in [0.25, 0.3) is 0 Å². The van der Waals surface area contributed by atoms with E-state index in [0.29, 0.717) is 11.3 Å².